The minimum Gasteiger partial charge on any atom is -0.481 e. The molecule has 1 aliphatic rings. The zero-order valence-corrected chi connectivity index (χ0v) is 11.7. The van der Waals surface area contributed by atoms with Crippen molar-refractivity contribution in [2.24, 2.45) is 5.41 Å². The SMILES string of the molecule is CCC1(C(=O)O)CCCN(CCCOCC(F)(F)F)C1. The number of carboxylic acids is 1. The molecule has 1 rings (SSSR count). The van der Waals surface area contributed by atoms with Gasteiger partial charge in [-0.25, -0.2) is 0 Å². The standard InChI is InChI=1S/C13H22F3NO3/c1-2-12(11(18)19)5-3-6-17(9-12)7-4-8-20-10-13(14,15)16/h2-10H2,1H3,(H,18,19). The second-order valence-corrected chi connectivity index (χ2v) is 5.34. The molecule has 1 aliphatic heterocycles. The highest BCUT2D eigenvalue weighted by molar-refractivity contribution is 5.75. The fourth-order valence-electron chi connectivity index (χ4n) is 2.61. The van der Waals surface area contributed by atoms with Crippen molar-refractivity contribution >= 4 is 5.97 Å². The first-order valence-corrected chi connectivity index (χ1v) is 6.89. The molecule has 0 saturated carbocycles. The number of rotatable bonds is 7. The van der Waals surface area contributed by atoms with Gasteiger partial charge in [-0.1, -0.05) is 6.92 Å². The van der Waals surface area contributed by atoms with Gasteiger partial charge >= 0.3 is 12.1 Å². The Bertz CT molecular complexity index is 322. The first-order valence-electron chi connectivity index (χ1n) is 6.89. The smallest absolute Gasteiger partial charge is 0.411 e. The summed E-state index contributed by atoms with van der Waals surface area (Å²) in [6.45, 7) is 2.53. The molecule has 1 unspecified atom stereocenters. The van der Waals surface area contributed by atoms with E-state index >= 15 is 0 Å². The molecule has 1 N–H and O–H groups in total. The molecular formula is C13H22F3NO3. The summed E-state index contributed by atoms with van der Waals surface area (Å²) >= 11 is 0. The van der Waals surface area contributed by atoms with E-state index < -0.39 is 24.2 Å². The van der Waals surface area contributed by atoms with Gasteiger partial charge in [0, 0.05) is 19.7 Å². The number of hydrogen-bond donors (Lipinski definition) is 1. The van der Waals surface area contributed by atoms with Crippen molar-refractivity contribution in [2.75, 3.05) is 32.8 Å². The number of hydrogen-bond acceptors (Lipinski definition) is 3. The fraction of sp³-hybridized carbons (Fsp3) is 0.923. The third-order valence-electron chi connectivity index (χ3n) is 3.82. The van der Waals surface area contributed by atoms with Crippen LogP contribution in [0.5, 0.6) is 0 Å². The summed E-state index contributed by atoms with van der Waals surface area (Å²) in [5, 5.41) is 9.33. The van der Waals surface area contributed by atoms with Crippen molar-refractivity contribution < 1.29 is 27.8 Å². The van der Waals surface area contributed by atoms with Gasteiger partial charge in [-0.3, -0.25) is 4.79 Å². The third kappa shape index (κ3) is 5.28. The Kier molecular flexibility index (Phi) is 6.26. The molecule has 1 atom stereocenters. The van der Waals surface area contributed by atoms with Gasteiger partial charge in [-0.2, -0.15) is 13.2 Å². The Morgan fingerprint density at radius 1 is 1.45 bits per heavy atom. The third-order valence-corrected chi connectivity index (χ3v) is 3.82. The molecule has 0 aromatic heterocycles. The maximum absolute atomic E-state index is 11.9. The fourth-order valence-corrected chi connectivity index (χ4v) is 2.61. The summed E-state index contributed by atoms with van der Waals surface area (Å²) in [5.41, 5.74) is -0.703. The van der Waals surface area contributed by atoms with Crippen LogP contribution in [0.3, 0.4) is 0 Å². The second kappa shape index (κ2) is 7.26. The van der Waals surface area contributed by atoms with Crippen LogP contribution in [0.4, 0.5) is 13.2 Å². The predicted molar refractivity (Wildman–Crippen MR) is 67.5 cm³/mol. The number of piperidine rings is 1. The number of halogens is 3. The van der Waals surface area contributed by atoms with Gasteiger partial charge in [0.25, 0.3) is 0 Å². The molecule has 0 aromatic carbocycles. The summed E-state index contributed by atoms with van der Waals surface area (Å²) in [7, 11) is 0. The van der Waals surface area contributed by atoms with Gasteiger partial charge in [0.1, 0.15) is 6.61 Å². The molecule has 7 heteroatoms. The maximum Gasteiger partial charge on any atom is 0.411 e. The molecule has 0 radical (unpaired) electrons. The largest absolute Gasteiger partial charge is 0.481 e. The molecule has 0 aromatic rings. The van der Waals surface area contributed by atoms with Crippen LogP contribution >= 0.6 is 0 Å². The minimum atomic E-state index is -4.29. The Morgan fingerprint density at radius 2 is 2.15 bits per heavy atom. The van der Waals surface area contributed by atoms with E-state index in [4.69, 9.17) is 0 Å². The van der Waals surface area contributed by atoms with Crippen molar-refractivity contribution in [3.8, 4) is 0 Å². The topological polar surface area (TPSA) is 49.8 Å². The molecular weight excluding hydrogens is 275 g/mol. The highest BCUT2D eigenvalue weighted by atomic mass is 19.4. The number of aliphatic carboxylic acids is 1. The Morgan fingerprint density at radius 3 is 2.70 bits per heavy atom. The zero-order valence-electron chi connectivity index (χ0n) is 11.7. The molecule has 0 spiro atoms. The summed E-state index contributed by atoms with van der Waals surface area (Å²) < 4.78 is 40.2. The van der Waals surface area contributed by atoms with E-state index in [-0.39, 0.29) is 6.61 Å². The Balaban J connectivity index is 2.29. The summed E-state index contributed by atoms with van der Waals surface area (Å²) in [4.78, 5) is 13.4. The second-order valence-electron chi connectivity index (χ2n) is 5.34. The van der Waals surface area contributed by atoms with Crippen LogP contribution in [-0.2, 0) is 9.53 Å². The van der Waals surface area contributed by atoms with E-state index in [9.17, 15) is 23.1 Å². The minimum absolute atomic E-state index is 0.0439. The average Bonchev–Trinajstić information content (AvgIpc) is 2.37. The van der Waals surface area contributed by atoms with Crippen LogP contribution in [0.2, 0.25) is 0 Å². The summed E-state index contributed by atoms with van der Waals surface area (Å²) in [6.07, 6.45) is -1.76. The van der Waals surface area contributed by atoms with Gasteiger partial charge in [0.05, 0.1) is 5.41 Å². The molecule has 1 fully saturated rings. The first-order chi connectivity index (χ1) is 9.29. The molecule has 118 valence electrons. The molecule has 0 bridgehead atoms. The quantitative estimate of drug-likeness (QED) is 0.734. The number of likely N-dealkylation sites (tertiary alicyclic amines) is 1. The Labute approximate surface area is 116 Å². The number of nitrogens with zero attached hydrogens (tertiary/aromatic N) is 1. The van der Waals surface area contributed by atoms with E-state index in [0.29, 0.717) is 32.4 Å². The van der Waals surface area contributed by atoms with Crippen molar-refractivity contribution in [2.45, 2.75) is 38.8 Å². The number of alkyl halides is 3. The lowest BCUT2D eigenvalue weighted by Crippen LogP contribution is -2.47. The van der Waals surface area contributed by atoms with E-state index in [1.54, 1.807) is 0 Å². The van der Waals surface area contributed by atoms with Crippen molar-refractivity contribution in [1.29, 1.82) is 0 Å². The van der Waals surface area contributed by atoms with Crippen LogP contribution in [0.15, 0.2) is 0 Å². The van der Waals surface area contributed by atoms with Crippen LogP contribution in [0.25, 0.3) is 0 Å². The monoisotopic (exact) mass is 297 g/mol. The molecule has 0 aliphatic carbocycles. The van der Waals surface area contributed by atoms with E-state index in [2.05, 4.69) is 4.74 Å². The lowest BCUT2D eigenvalue weighted by Gasteiger charge is -2.39. The normalized spacial score (nSPS) is 24.8. The maximum atomic E-state index is 11.9. The molecule has 1 heterocycles. The lowest BCUT2D eigenvalue weighted by atomic mass is 9.77. The van der Waals surface area contributed by atoms with Gasteiger partial charge in [0.15, 0.2) is 0 Å². The zero-order chi connectivity index (χ0) is 15.2. The van der Waals surface area contributed by atoms with Crippen LogP contribution in [0.1, 0.15) is 32.6 Å². The van der Waals surface area contributed by atoms with Crippen LogP contribution in [-0.4, -0.2) is 55.0 Å². The highest BCUT2D eigenvalue weighted by Gasteiger charge is 2.40. The summed E-state index contributed by atoms with van der Waals surface area (Å²) in [6, 6.07) is 0. The van der Waals surface area contributed by atoms with Crippen molar-refractivity contribution in [3.63, 3.8) is 0 Å². The highest BCUT2D eigenvalue weighted by Crippen LogP contribution is 2.33. The first kappa shape index (κ1) is 17.2. The van der Waals surface area contributed by atoms with Crippen molar-refractivity contribution in [1.82, 2.24) is 4.90 Å². The predicted octanol–water partition coefficient (Wildman–Crippen LogP) is 2.53. The van der Waals surface area contributed by atoms with Gasteiger partial charge in [-0.05, 0) is 32.2 Å². The molecule has 20 heavy (non-hydrogen) atoms. The average molecular weight is 297 g/mol. The Hall–Kier alpha value is -0.820. The van der Waals surface area contributed by atoms with Crippen LogP contribution in [0, 0.1) is 5.41 Å². The van der Waals surface area contributed by atoms with Crippen molar-refractivity contribution in [3.05, 3.63) is 0 Å². The number of carbonyl (C=O) groups is 1. The molecule has 0 amide bonds. The summed E-state index contributed by atoms with van der Waals surface area (Å²) in [5.74, 6) is -0.780. The van der Waals surface area contributed by atoms with Gasteiger partial charge < -0.3 is 14.7 Å². The van der Waals surface area contributed by atoms with Gasteiger partial charge in [-0.15, -0.1) is 0 Å². The molecule has 4 nitrogen and oxygen atoms in total. The molecule has 1 saturated heterocycles. The van der Waals surface area contributed by atoms with Gasteiger partial charge in [0.2, 0.25) is 0 Å². The van der Waals surface area contributed by atoms with E-state index in [0.717, 1.165) is 13.0 Å². The van der Waals surface area contributed by atoms with Crippen LogP contribution < -0.4 is 0 Å². The number of ether oxygens (including phenoxy) is 1. The van der Waals surface area contributed by atoms with E-state index in [1.807, 2.05) is 11.8 Å². The van der Waals surface area contributed by atoms with E-state index in [1.165, 1.54) is 0 Å². The lowest BCUT2D eigenvalue weighted by molar-refractivity contribution is -0.174. The number of carboxylic acid groups (broad SMARTS) is 1.